The van der Waals surface area contributed by atoms with Crippen molar-refractivity contribution in [3.05, 3.63) is 42.5 Å². The van der Waals surface area contributed by atoms with Crippen LogP contribution in [0.1, 0.15) is 10.5 Å². The van der Waals surface area contributed by atoms with Gasteiger partial charge in [-0.15, -0.1) is 0 Å². The van der Waals surface area contributed by atoms with Gasteiger partial charge in [-0.2, -0.15) is 0 Å². The number of aromatic nitrogens is 3. The maximum absolute atomic E-state index is 10.9. The lowest BCUT2D eigenvalue weighted by Gasteiger charge is -2.01. The second-order valence-electron chi connectivity index (χ2n) is 2.77. The lowest BCUT2D eigenvalue weighted by Crippen LogP contribution is -2.05. The van der Waals surface area contributed by atoms with Crippen LogP contribution in [0.3, 0.4) is 0 Å². The van der Waals surface area contributed by atoms with Crippen molar-refractivity contribution in [3.63, 3.8) is 0 Å². The molecule has 0 aromatic carbocycles. The van der Waals surface area contributed by atoms with Crippen molar-refractivity contribution in [1.29, 1.82) is 0 Å². The first-order chi connectivity index (χ1) is 7.29. The maximum atomic E-state index is 10.9. The number of nitrogens with zero attached hydrogens (tertiary/aromatic N) is 3. The van der Waals surface area contributed by atoms with E-state index in [0.29, 0.717) is 5.69 Å². The molecular formula is C10H7N3O2. The first-order valence-corrected chi connectivity index (χ1v) is 4.25. The number of pyridine rings is 1. The highest BCUT2D eigenvalue weighted by Gasteiger charge is 2.14. The van der Waals surface area contributed by atoms with Crippen LogP contribution in [0.4, 0.5) is 0 Å². The lowest BCUT2D eigenvalue weighted by atomic mass is 10.2. The van der Waals surface area contributed by atoms with E-state index in [1.165, 1.54) is 12.4 Å². The molecule has 0 aliphatic carbocycles. The summed E-state index contributed by atoms with van der Waals surface area (Å²) >= 11 is 0. The van der Waals surface area contributed by atoms with Gasteiger partial charge in [0, 0.05) is 18.6 Å². The first-order valence-electron chi connectivity index (χ1n) is 4.25. The third kappa shape index (κ3) is 1.80. The number of hydrogen-bond acceptors (Lipinski definition) is 4. The molecule has 0 unspecified atom stereocenters. The van der Waals surface area contributed by atoms with Gasteiger partial charge in [-0.1, -0.05) is 6.07 Å². The van der Waals surface area contributed by atoms with Gasteiger partial charge < -0.3 is 5.11 Å². The summed E-state index contributed by atoms with van der Waals surface area (Å²) in [7, 11) is 0. The largest absolute Gasteiger partial charge is 0.476 e. The van der Waals surface area contributed by atoms with E-state index in [2.05, 4.69) is 15.0 Å². The van der Waals surface area contributed by atoms with Crippen molar-refractivity contribution in [3.8, 4) is 11.4 Å². The van der Waals surface area contributed by atoms with Gasteiger partial charge in [-0.25, -0.2) is 9.78 Å². The molecule has 0 radical (unpaired) electrons. The highest BCUT2D eigenvalue weighted by molar-refractivity contribution is 5.91. The monoisotopic (exact) mass is 201 g/mol. The molecule has 0 atom stereocenters. The summed E-state index contributed by atoms with van der Waals surface area (Å²) in [5.41, 5.74) is 0.699. The van der Waals surface area contributed by atoms with Crippen LogP contribution in [0.2, 0.25) is 0 Å². The van der Waals surface area contributed by atoms with Crippen LogP contribution in [0.25, 0.3) is 11.4 Å². The zero-order valence-corrected chi connectivity index (χ0v) is 7.66. The molecule has 2 rings (SSSR count). The van der Waals surface area contributed by atoms with Crippen molar-refractivity contribution in [2.45, 2.75) is 0 Å². The van der Waals surface area contributed by atoms with E-state index in [-0.39, 0.29) is 11.4 Å². The molecule has 0 fully saturated rings. The summed E-state index contributed by atoms with van der Waals surface area (Å²) in [6.45, 7) is 0. The topological polar surface area (TPSA) is 76.0 Å². The van der Waals surface area contributed by atoms with Crippen molar-refractivity contribution in [2.75, 3.05) is 0 Å². The van der Waals surface area contributed by atoms with Gasteiger partial charge in [0.15, 0.2) is 5.69 Å². The molecule has 0 bridgehead atoms. The van der Waals surface area contributed by atoms with Gasteiger partial charge in [0.2, 0.25) is 0 Å². The van der Waals surface area contributed by atoms with Gasteiger partial charge in [0.25, 0.3) is 0 Å². The minimum absolute atomic E-state index is 0.0869. The molecule has 0 saturated heterocycles. The van der Waals surface area contributed by atoms with Crippen LogP contribution in [-0.4, -0.2) is 26.0 Å². The average Bonchev–Trinajstić information content (AvgIpc) is 2.30. The molecule has 5 nitrogen and oxygen atoms in total. The number of carboxylic acid groups (broad SMARTS) is 1. The van der Waals surface area contributed by atoms with E-state index in [0.717, 1.165) is 0 Å². The lowest BCUT2D eigenvalue weighted by molar-refractivity contribution is 0.0691. The summed E-state index contributed by atoms with van der Waals surface area (Å²) in [5.74, 6) is -1.11. The minimum atomic E-state index is -1.11. The molecule has 2 heterocycles. The number of carbonyl (C=O) groups is 1. The molecule has 15 heavy (non-hydrogen) atoms. The molecule has 0 aliphatic rings. The number of hydrogen-bond donors (Lipinski definition) is 1. The van der Waals surface area contributed by atoms with Gasteiger partial charge in [-0.05, 0) is 12.1 Å². The van der Waals surface area contributed by atoms with Gasteiger partial charge in [0.05, 0.1) is 5.69 Å². The fourth-order valence-electron chi connectivity index (χ4n) is 1.18. The van der Waals surface area contributed by atoms with Gasteiger partial charge in [0.1, 0.15) is 5.69 Å². The van der Waals surface area contributed by atoms with Crippen LogP contribution in [0, 0.1) is 0 Å². The van der Waals surface area contributed by atoms with E-state index >= 15 is 0 Å². The van der Waals surface area contributed by atoms with E-state index in [1.54, 1.807) is 24.4 Å². The Bertz CT molecular complexity index is 485. The van der Waals surface area contributed by atoms with Crippen molar-refractivity contribution < 1.29 is 9.90 Å². The molecular weight excluding hydrogens is 194 g/mol. The molecule has 5 heteroatoms. The van der Waals surface area contributed by atoms with Crippen molar-refractivity contribution in [2.24, 2.45) is 0 Å². The van der Waals surface area contributed by atoms with Crippen LogP contribution in [0.5, 0.6) is 0 Å². The Balaban J connectivity index is 2.58. The predicted octanol–water partition coefficient (Wildman–Crippen LogP) is 1.24. The molecule has 2 aromatic heterocycles. The predicted molar refractivity (Wildman–Crippen MR) is 52.2 cm³/mol. The average molecular weight is 201 g/mol. The summed E-state index contributed by atoms with van der Waals surface area (Å²) < 4.78 is 0. The Kier molecular flexibility index (Phi) is 2.37. The molecule has 0 amide bonds. The summed E-state index contributed by atoms with van der Waals surface area (Å²) in [4.78, 5) is 22.6. The SMILES string of the molecule is O=C(O)c1nccnc1-c1ccccn1. The third-order valence-corrected chi connectivity index (χ3v) is 1.81. The van der Waals surface area contributed by atoms with Gasteiger partial charge in [-0.3, -0.25) is 9.97 Å². The fourth-order valence-corrected chi connectivity index (χ4v) is 1.18. The Labute approximate surface area is 85.5 Å². The van der Waals surface area contributed by atoms with Crippen molar-refractivity contribution in [1.82, 2.24) is 15.0 Å². The zero-order valence-electron chi connectivity index (χ0n) is 7.66. The highest BCUT2D eigenvalue weighted by atomic mass is 16.4. The number of rotatable bonds is 2. The summed E-state index contributed by atoms with van der Waals surface area (Å²) in [5, 5.41) is 8.90. The molecule has 0 spiro atoms. The Morgan fingerprint density at radius 3 is 2.53 bits per heavy atom. The molecule has 0 aliphatic heterocycles. The highest BCUT2D eigenvalue weighted by Crippen LogP contribution is 2.15. The van der Waals surface area contributed by atoms with Gasteiger partial charge >= 0.3 is 5.97 Å². The molecule has 74 valence electrons. The third-order valence-electron chi connectivity index (χ3n) is 1.81. The van der Waals surface area contributed by atoms with Crippen molar-refractivity contribution >= 4 is 5.97 Å². The maximum Gasteiger partial charge on any atom is 0.356 e. The van der Waals surface area contributed by atoms with Crippen LogP contribution >= 0.6 is 0 Å². The van der Waals surface area contributed by atoms with Crippen LogP contribution in [0.15, 0.2) is 36.8 Å². The fraction of sp³-hybridized carbons (Fsp3) is 0. The second-order valence-corrected chi connectivity index (χ2v) is 2.77. The quantitative estimate of drug-likeness (QED) is 0.790. The van der Waals surface area contributed by atoms with E-state index in [9.17, 15) is 4.79 Å². The van der Waals surface area contributed by atoms with Crippen LogP contribution < -0.4 is 0 Å². The second kappa shape index (κ2) is 3.83. The summed E-state index contributed by atoms with van der Waals surface area (Å²) in [6.07, 6.45) is 4.36. The molecule has 1 N–H and O–H groups in total. The summed E-state index contributed by atoms with van der Waals surface area (Å²) in [6, 6.07) is 5.21. The normalized spacial score (nSPS) is 9.87. The molecule has 0 saturated carbocycles. The van der Waals surface area contributed by atoms with Crippen LogP contribution in [-0.2, 0) is 0 Å². The molecule has 2 aromatic rings. The number of carboxylic acids is 1. The first kappa shape index (κ1) is 9.26. The smallest absolute Gasteiger partial charge is 0.356 e. The Morgan fingerprint density at radius 2 is 1.87 bits per heavy atom. The van der Waals surface area contributed by atoms with E-state index < -0.39 is 5.97 Å². The van der Waals surface area contributed by atoms with E-state index in [1.807, 2.05) is 0 Å². The minimum Gasteiger partial charge on any atom is -0.476 e. The zero-order chi connectivity index (χ0) is 10.7. The Morgan fingerprint density at radius 1 is 1.07 bits per heavy atom. The van der Waals surface area contributed by atoms with E-state index in [4.69, 9.17) is 5.11 Å². The number of aromatic carboxylic acids is 1. The Hall–Kier alpha value is -2.30. The standard InChI is InChI=1S/C10H7N3O2/c14-10(15)9-8(12-5-6-13-9)7-3-1-2-4-11-7/h1-6H,(H,14,15).